The number of hydrogen-bond acceptors (Lipinski definition) is 3. The molecule has 2 aromatic rings. The smallest absolute Gasteiger partial charge is 0.417 e. The van der Waals surface area contributed by atoms with Crippen molar-refractivity contribution in [1.29, 1.82) is 0 Å². The van der Waals surface area contributed by atoms with E-state index in [1.54, 1.807) is 30.3 Å². The number of nitrogens with zero attached hydrogens (tertiary/aromatic N) is 1. The summed E-state index contributed by atoms with van der Waals surface area (Å²) in [5, 5.41) is 11.1. The molecule has 5 nitrogen and oxygen atoms in total. The van der Waals surface area contributed by atoms with Crippen molar-refractivity contribution in [1.82, 2.24) is 10.3 Å². The highest BCUT2D eigenvalue weighted by Crippen LogP contribution is 2.33. The molecule has 0 aliphatic heterocycles. The van der Waals surface area contributed by atoms with E-state index in [4.69, 9.17) is 16.7 Å². The summed E-state index contributed by atoms with van der Waals surface area (Å²) in [4.78, 5) is 26.8. The number of carboxylic acid groups (broad SMARTS) is 1. The molecule has 0 bridgehead atoms. The topological polar surface area (TPSA) is 79.3 Å². The quantitative estimate of drug-likeness (QED) is 0.794. The predicted molar refractivity (Wildman–Crippen MR) is 87.5 cm³/mol. The second kappa shape index (κ2) is 8.18. The van der Waals surface area contributed by atoms with Crippen LogP contribution in [0, 0.1) is 0 Å². The average Bonchev–Trinajstić information content (AvgIpc) is 2.53. The van der Waals surface area contributed by atoms with E-state index < -0.39 is 36.1 Å². The molecular weight excluding hydrogens is 373 g/mol. The highest BCUT2D eigenvalue weighted by atomic mass is 35.5. The standard InChI is InChI=1S/C17H14ClF3N2O3/c18-12-7-11(17(19,20)21)9-22-16(12)13(8-15(25)26)23-14(24)6-10-4-2-1-3-5-10/h1-5,7,9,13H,6,8H2,(H,23,24)(H,25,26). The van der Waals surface area contributed by atoms with Gasteiger partial charge in [-0.1, -0.05) is 41.9 Å². The third-order valence-corrected chi connectivity index (χ3v) is 3.75. The van der Waals surface area contributed by atoms with Crippen molar-refractivity contribution in [2.24, 2.45) is 0 Å². The van der Waals surface area contributed by atoms with Crippen molar-refractivity contribution < 1.29 is 27.9 Å². The maximum Gasteiger partial charge on any atom is 0.417 e. The van der Waals surface area contributed by atoms with Gasteiger partial charge in [0.05, 0.1) is 35.2 Å². The van der Waals surface area contributed by atoms with Gasteiger partial charge >= 0.3 is 12.1 Å². The summed E-state index contributed by atoms with van der Waals surface area (Å²) in [5.41, 5.74) is -0.495. The van der Waals surface area contributed by atoms with Crippen LogP contribution in [-0.2, 0) is 22.2 Å². The van der Waals surface area contributed by atoms with Crippen molar-refractivity contribution in [2.45, 2.75) is 25.1 Å². The van der Waals surface area contributed by atoms with Crippen LogP contribution in [0.25, 0.3) is 0 Å². The lowest BCUT2D eigenvalue weighted by Gasteiger charge is -2.18. The maximum atomic E-state index is 12.7. The Labute approximate surface area is 151 Å². The van der Waals surface area contributed by atoms with Crippen LogP contribution in [-0.4, -0.2) is 22.0 Å². The van der Waals surface area contributed by atoms with Crippen LogP contribution in [0.1, 0.15) is 29.3 Å². The number of halogens is 4. The molecule has 2 rings (SSSR count). The molecule has 0 radical (unpaired) electrons. The molecule has 138 valence electrons. The predicted octanol–water partition coefficient (Wildman–Crippen LogP) is 3.63. The Morgan fingerprint density at radius 2 is 1.88 bits per heavy atom. The Morgan fingerprint density at radius 3 is 2.42 bits per heavy atom. The van der Waals surface area contributed by atoms with Gasteiger partial charge in [-0.25, -0.2) is 0 Å². The zero-order chi connectivity index (χ0) is 19.3. The number of rotatable bonds is 6. The summed E-state index contributed by atoms with van der Waals surface area (Å²) in [5.74, 6) is -1.76. The number of aliphatic carboxylic acids is 1. The summed E-state index contributed by atoms with van der Waals surface area (Å²) in [6, 6.07) is 8.20. The number of carbonyl (C=O) groups is 2. The zero-order valence-corrected chi connectivity index (χ0v) is 14.0. The monoisotopic (exact) mass is 386 g/mol. The molecule has 1 unspecified atom stereocenters. The molecule has 1 amide bonds. The van der Waals surface area contributed by atoms with Crippen LogP contribution >= 0.6 is 11.6 Å². The van der Waals surface area contributed by atoms with E-state index in [0.29, 0.717) is 17.8 Å². The molecule has 1 heterocycles. The molecule has 0 fully saturated rings. The molecule has 2 N–H and O–H groups in total. The van der Waals surface area contributed by atoms with Crippen LogP contribution in [0.2, 0.25) is 5.02 Å². The van der Waals surface area contributed by atoms with Gasteiger partial charge in [0.2, 0.25) is 5.91 Å². The van der Waals surface area contributed by atoms with Gasteiger partial charge in [-0.3, -0.25) is 14.6 Å². The van der Waals surface area contributed by atoms with Gasteiger partial charge in [-0.05, 0) is 11.6 Å². The van der Waals surface area contributed by atoms with E-state index in [0.717, 1.165) is 0 Å². The lowest BCUT2D eigenvalue weighted by molar-refractivity contribution is -0.139. The number of amides is 1. The number of carboxylic acids is 1. The molecule has 9 heteroatoms. The molecular formula is C17H14ClF3N2O3. The third-order valence-electron chi connectivity index (χ3n) is 3.45. The first-order valence-electron chi connectivity index (χ1n) is 7.44. The van der Waals surface area contributed by atoms with Crippen molar-refractivity contribution in [3.8, 4) is 0 Å². The van der Waals surface area contributed by atoms with E-state index in [-0.39, 0.29) is 17.1 Å². The number of nitrogens with one attached hydrogen (secondary N) is 1. The molecule has 1 aromatic heterocycles. The molecule has 1 atom stereocenters. The summed E-state index contributed by atoms with van der Waals surface area (Å²) >= 11 is 5.85. The number of carbonyl (C=O) groups excluding carboxylic acids is 1. The SMILES string of the molecule is O=C(O)CC(NC(=O)Cc1ccccc1)c1ncc(C(F)(F)F)cc1Cl. The Bertz CT molecular complexity index is 798. The van der Waals surface area contributed by atoms with Gasteiger partial charge in [0.15, 0.2) is 0 Å². The van der Waals surface area contributed by atoms with Crippen LogP contribution in [0.3, 0.4) is 0 Å². The molecule has 1 aromatic carbocycles. The van der Waals surface area contributed by atoms with Crippen molar-refractivity contribution >= 4 is 23.5 Å². The van der Waals surface area contributed by atoms with Crippen LogP contribution in [0.15, 0.2) is 42.6 Å². The highest BCUT2D eigenvalue weighted by Gasteiger charge is 2.32. The number of hydrogen-bond donors (Lipinski definition) is 2. The minimum Gasteiger partial charge on any atom is -0.481 e. The molecule has 0 saturated heterocycles. The third kappa shape index (κ3) is 5.45. The van der Waals surface area contributed by atoms with Gasteiger partial charge in [0, 0.05) is 6.20 Å². The van der Waals surface area contributed by atoms with Crippen molar-refractivity contribution in [3.05, 3.63) is 64.4 Å². The normalized spacial score (nSPS) is 12.5. The average molecular weight is 387 g/mol. The largest absolute Gasteiger partial charge is 0.481 e. The molecule has 0 spiro atoms. The minimum absolute atomic E-state index is 0.0186. The first-order chi connectivity index (χ1) is 12.2. The highest BCUT2D eigenvalue weighted by molar-refractivity contribution is 6.31. The van der Waals surface area contributed by atoms with Crippen molar-refractivity contribution in [3.63, 3.8) is 0 Å². The Hall–Kier alpha value is -2.61. The fraction of sp³-hybridized carbons (Fsp3) is 0.235. The van der Waals surface area contributed by atoms with Gasteiger partial charge < -0.3 is 10.4 Å². The summed E-state index contributed by atoms with van der Waals surface area (Å²) < 4.78 is 38.1. The second-order valence-electron chi connectivity index (χ2n) is 5.47. The van der Waals surface area contributed by atoms with E-state index in [1.165, 1.54) is 0 Å². The number of alkyl halides is 3. The van der Waals surface area contributed by atoms with Gasteiger partial charge in [-0.2, -0.15) is 13.2 Å². The Balaban J connectivity index is 2.21. The summed E-state index contributed by atoms with van der Waals surface area (Å²) in [6.07, 6.45) is -4.67. The van der Waals surface area contributed by atoms with Gasteiger partial charge in [-0.15, -0.1) is 0 Å². The number of benzene rings is 1. The molecule has 0 aliphatic rings. The summed E-state index contributed by atoms with van der Waals surface area (Å²) in [6.45, 7) is 0. The van der Waals surface area contributed by atoms with Crippen LogP contribution in [0.5, 0.6) is 0 Å². The number of pyridine rings is 1. The fourth-order valence-corrected chi connectivity index (χ4v) is 2.58. The molecule has 0 saturated carbocycles. The molecule has 26 heavy (non-hydrogen) atoms. The zero-order valence-electron chi connectivity index (χ0n) is 13.3. The van der Waals surface area contributed by atoms with Gasteiger partial charge in [0.25, 0.3) is 0 Å². The molecule has 0 aliphatic carbocycles. The van der Waals surface area contributed by atoms with E-state index >= 15 is 0 Å². The minimum atomic E-state index is -4.63. The first kappa shape index (κ1) is 19.7. The van der Waals surface area contributed by atoms with Crippen LogP contribution in [0.4, 0.5) is 13.2 Å². The first-order valence-corrected chi connectivity index (χ1v) is 7.82. The lowest BCUT2D eigenvalue weighted by Crippen LogP contribution is -2.32. The van der Waals surface area contributed by atoms with E-state index in [1.807, 2.05) is 0 Å². The van der Waals surface area contributed by atoms with Crippen molar-refractivity contribution in [2.75, 3.05) is 0 Å². The van der Waals surface area contributed by atoms with Gasteiger partial charge in [0.1, 0.15) is 0 Å². The summed E-state index contributed by atoms with van der Waals surface area (Å²) in [7, 11) is 0. The fourth-order valence-electron chi connectivity index (χ4n) is 2.28. The van der Waals surface area contributed by atoms with E-state index in [9.17, 15) is 22.8 Å². The Kier molecular flexibility index (Phi) is 6.20. The van der Waals surface area contributed by atoms with E-state index in [2.05, 4.69) is 10.3 Å². The Morgan fingerprint density at radius 1 is 1.23 bits per heavy atom. The number of aromatic nitrogens is 1. The van der Waals surface area contributed by atoms with Crippen LogP contribution < -0.4 is 5.32 Å². The maximum absolute atomic E-state index is 12.7. The second-order valence-corrected chi connectivity index (χ2v) is 5.88. The lowest BCUT2D eigenvalue weighted by atomic mass is 10.1.